The number of rotatable bonds is 0. The summed E-state index contributed by atoms with van der Waals surface area (Å²) in [6, 6.07) is 0. The summed E-state index contributed by atoms with van der Waals surface area (Å²) in [5.41, 5.74) is 0. The molecule has 0 saturated carbocycles. The fourth-order valence-corrected chi connectivity index (χ4v) is 0.215. The first-order chi connectivity index (χ1) is 2.50. The molecule has 0 spiro atoms. The van der Waals surface area contributed by atoms with Gasteiger partial charge >= 0.3 is 59.1 Å². The third kappa shape index (κ3) is 5.07. The van der Waals surface area contributed by atoms with Crippen LogP contribution in [0.5, 0.6) is 0 Å². The Morgan fingerprint density at radius 1 is 1.29 bits per heavy atom. The van der Waals surface area contributed by atoms with Crippen molar-refractivity contribution in [1.82, 2.24) is 9.97 Å². The SMILES string of the molecule is [NaH].[NaH].c1c[nH]cn1. The molecule has 4 heteroatoms. The minimum absolute atomic E-state index is 0. The van der Waals surface area contributed by atoms with E-state index in [9.17, 15) is 0 Å². The Hall–Kier alpha value is 1.21. The van der Waals surface area contributed by atoms with Crippen molar-refractivity contribution in [3.63, 3.8) is 0 Å². The molecule has 0 fully saturated rings. The molecule has 1 rings (SSSR count). The molecular weight excluding hydrogens is 110 g/mol. The number of imidazole rings is 1. The third-order valence-corrected chi connectivity index (χ3v) is 0.406. The van der Waals surface area contributed by atoms with Crippen molar-refractivity contribution in [2.45, 2.75) is 0 Å². The standard InChI is InChI=1S/C3H4N2.2Na.2H/c1-2-5-3-4-1;;;;/h1-3H,(H,4,5);;;;. The second-order valence-electron chi connectivity index (χ2n) is 0.761. The zero-order valence-electron chi connectivity index (χ0n) is 2.68. The van der Waals surface area contributed by atoms with Crippen molar-refractivity contribution in [2.24, 2.45) is 0 Å². The van der Waals surface area contributed by atoms with Gasteiger partial charge < -0.3 is 4.98 Å². The van der Waals surface area contributed by atoms with Crippen molar-refractivity contribution in [2.75, 3.05) is 0 Å². The number of hydrogen-bond acceptors (Lipinski definition) is 1. The molecule has 0 bridgehead atoms. The van der Waals surface area contributed by atoms with Crippen molar-refractivity contribution in [1.29, 1.82) is 0 Å². The van der Waals surface area contributed by atoms with E-state index in [4.69, 9.17) is 0 Å². The second-order valence-corrected chi connectivity index (χ2v) is 0.761. The maximum atomic E-state index is 3.67. The summed E-state index contributed by atoms with van der Waals surface area (Å²) in [6.45, 7) is 0. The van der Waals surface area contributed by atoms with E-state index in [0.717, 1.165) is 0 Å². The smallest absolute Gasteiger partial charge is 0.0919 e. The summed E-state index contributed by atoms with van der Waals surface area (Å²) >= 11 is 0. The van der Waals surface area contributed by atoms with Gasteiger partial charge in [0.2, 0.25) is 0 Å². The normalized spacial score (nSPS) is 5.71. The van der Waals surface area contributed by atoms with Crippen molar-refractivity contribution in [3.05, 3.63) is 18.7 Å². The van der Waals surface area contributed by atoms with Crippen LogP contribution in [0.1, 0.15) is 0 Å². The Kier molecular flexibility index (Phi) is 11.4. The molecule has 0 aliphatic rings. The summed E-state index contributed by atoms with van der Waals surface area (Å²) < 4.78 is 0. The molecule has 0 unspecified atom stereocenters. The van der Waals surface area contributed by atoms with E-state index in [1.54, 1.807) is 18.7 Å². The molecule has 1 N–H and O–H groups in total. The van der Waals surface area contributed by atoms with Crippen LogP contribution >= 0.6 is 0 Å². The van der Waals surface area contributed by atoms with Crippen LogP contribution in [0.25, 0.3) is 0 Å². The van der Waals surface area contributed by atoms with Crippen molar-refractivity contribution in [3.8, 4) is 0 Å². The zero-order chi connectivity index (χ0) is 3.54. The van der Waals surface area contributed by atoms with Crippen LogP contribution in [0.15, 0.2) is 18.7 Å². The minimum atomic E-state index is 0. The molecule has 0 atom stereocenters. The van der Waals surface area contributed by atoms with Gasteiger partial charge in [-0.15, -0.1) is 0 Å². The van der Waals surface area contributed by atoms with E-state index in [1.807, 2.05) is 0 Å². The summed E-state index contributed by atoms with van der Waals surface area (Å²) in [5, 5.41) is 0. The molecule has 0 aromatic carbocycles. The molecule has 30 valence electrons. The van der Waals surface area contributed by atoms with Crippen LogP contribution in [-0.4, -0.2) is 69.1 Å². The number of hydrogen-bond donors (Lipinski definition) is 1. The molecule has 1 aromatic heterocycles. The van der Waals surface area contributed by atoms with Crippen molar-refractivity contribution < 1.29 is 0 Å². The Morgan fingerprint density at radius 3 is 2.14 bits per heavy atom. The molecule has 2 nitrogen and oxygen atoms in total. The van der Waals surface area contributed by atoms with Gasteiger partial charge in [0.15, 0.2) is 0 Å². The van der Waals surface area contributed by atoms with Crippen LogP contribution in [0.4, 0.5) is 0 Å². The fraction of sp³-hybridized carbons (Fsp3) is 0. The van der Waals surface area contributed by atoms with Gasteiger partial charge in [0.1, 0.15) is 0 Å². The number of nitrogens with zero attached hydrogens (tertiary/aromatic N) is 1. The monoisotopic (exact) mass is 116 g/mol. The summed E-state index contributed by atoms with van der Waals surface area (Å²) in [4.78, 5) is 6.42. The average Bonchev–Trinajstić information content (AvgIpc) is 1.76. The quantitative estimate of drug-likeness (QED) is 0.438. The van der Waals surface area contributed by atoms with Gasteiger partial charge in [0.25, 0.3) is 0 Å². The Labute approximate surface area is 86.7 Å². The first-order valence-corrected chi connectivity index (χ1v) is 1.43. The van der Waals surface area contributed by atoms with Crippen LogP contribution in [-0.2, 0) is 0 Å². The van der Waals surface area contributed by atoms with E-state index in [2.05, 4.69) is 9.97 Å². The number of nitrogens with one attached hydrogen (secondary N) is 1. The molecule has 0 amide bonds. The fourth-order valence-electron chi connectivity index (χ4n) is 0.215. The first-order valence-electron chi connectivity index (χ1n) is 1.43. The van der Waals surface area contributed by atoms with Crippen LogP contribution in [0.3, 0.4) is 0 Å². The van der Waals surface area contributed by atoms with Crippen LogP contribution in [0.2, 0.25) is 0 Å². The van der Waals surface area contributed by atoms with Crippen LogP contribution < -0.4 is 0 Å². The van der Waals surface area contributed by atoms with Crippen LogP contribution in [0, 0.1) is 0 Å². The molecule has 0 aliphatic carbocycles. The van der Waals surface area contributed by atoms with E-state index in [-0.39, 0.29) is 59.1 Å². The number of aromatic amines is 1. The predicted molar refractivity (Wildman–Crippen MR) is 32.9 cm³/mol. The second kappa shape index (κ2) is 7.21. The Balaban J connectivity index is 0. The van der Waals surface area contributed by atoms with Gasteiger partial charge in [-0.2, -0.15) is 0 Å². The van der Waals surface area contributed by atoms with Gasteiger partial charge in [0, 0.05) is 12.4 Å². The molecule has 1 aromatic rings. The van der Waals surface area contributed by atoms with Gasteiger partial charge in [-0.3, -0.25) is 0 Å². The predicted octanol–water partition coefficient (Wildman–Crippen LogP) is -0.887. The summed E-state index contributed by atoms with van der Waals surface area (Å²) in [7, 11) is 0. The first kappa shape index (κ1) is 11.1. The minimum Gasteiger partial charge on any atom is -0.351 e. The number of H-pyrrole nitrogens is 1. The van der Waals surface area contributed by atoms with Gasteiger partial charge in [-0.25, -0.2) is 4.98 Å². The molecule has 7 heavy (non-hydrogen) atoms. The maximum Gasteiger partial charge on any atom is 0.0919 e. The van der Waals surface area contributed by atoms with Gasteiger partial charge in [-0.05, 0) is 0 Å². The molecule has 1 heterocycles. The molecule has 0 aliphatic heterocycles. The summed E-state index contributed by atoms with van der Waals surface area (Å²) in [6.07, 6.45) is 5.08. The Bertz CT molecular complexity index is 67.4. The average molecular weight is 116 g/mol. The summed E-state index contributed by atoms with van der Waals surface area (Å²) in [5.74, 6) is 0. The third-order valence-electron chi connectivity index (χ3n) is 0.406. The van der Waals surface area contributed by atoms with Crippen molar-refractivity contribution >= 4 is 59.1 Å². The molecule has 0 radical (unpaired) electrons. The largest absolute Gasteiger partial charge is 0.351 e. The van der Waals surface area contributed by atoms with E-state index in [0.29, 0.717) is 0 Å². The maximum absolute atomic E-state index is 3.67. The van der Waals surface area contributed by atoms with E-state index < -0.39 is 0 Å². The molecular formula is C3H6N2Na2. The Morgan fingerprint density at radius 2 is 2.00 bits per heavy atom. The molecule has 0 saturated heterocycles. The van der Waals surface area contributed by atoms with E-state index >= 15 is 0 Å². The number of aromatic nitrogens is 2. The van der Waals surface area contributed by atoms with Gasteiger partial charge in [-0.1, -0.05) is 0 Å². The topological polar surface area (TPSA) is 28.7 Å². The van der Waals surface area contributed by atoms with E-state index in [1.165, 1.54) is 0 Å². The zero-order valence-corrected chi connectivity index (χ0v) is 2.68. The van der Waals surface area contributed by atoms with Gasteiger partial charge in [0.05, 0.1) is 6.33 Å².